The Morgan fingerprint density at radius 3 is 2.23 bits per heavy atom. The molecule has 1 nitrogen and oxygen atoms in total. The first kappa shape index (κ1) is 11.2. The van der Waals surface area contributed by atoms with Gasteiger partial charge in [-0.1, -0.05) is 12.8 Å². The zero-order chi connectivity index (χ0) is 8.60. The van der Waals surface area contributed by atoms with Crippen molar-refractivity contribution in [3.05, 3.63) is 0 Å². The molecule has 2 fully saturated rings. The van der Waals surface area contributed by atoms with E-state index in [9.17, 15) is 8.78 Å². The van der Waals surface area contributed by atoms with Crippen molar-refractivity contribution < 1.29 is 8.78 Å². The van der Waals surface area contributed by atoms with Gasteiger partial charge in [-0.25, -0.2) is 8.78 Å². The Balaban J connectivity index is 0.000000845. The molecule has 2 rings (SSSR count). The first-order valence-corrected chi connectivity index (χ1v) is 4.81. The fraction of sp³-hybridized carbons (Fsp3) is 1.00. The zero-order valence-corrected chi connectivity index (χ0v) is 8.38. The summed E-state index contributed by atoms with van der Waals surface area (Å²) < 4.78 is 26.4. The maximum Gasteiger partial charge on any atom is 0.264 e. The molecule has 0 aromatic heterocycles. The molecule has 0 aromatic rings. The molecule has 1 aliphatic heterocycles. The topological polar surface area (TPSA) is 12.0 Å². The average Bonchev–Trinajstić information content (AvgIpc) is 2.55. The van der Waals surface area contributed by atoms with Crippen LogP contribution in [0.15, 0.2) is 0 Å². The van der Waals surface area contributed by atoms with E-state index in [1.807, 2.05) is 0 Å². The van der Waals surface area contributed by atoms with Crippen molar-refractivity contribution in [1.29, 1.82) is 0 Å². The van der Waals surface area contributed by atoms with Crippen molar-refractivity contribution in [2.45, 2.75) is 44.1 Å². The molecule has 13 heavy (non-hydrogen) atoms. The van der Waals surface area contributed by atoms with Crippen molar-refractivity contribution in [2.24, 2.45) is 5.92 Å². The number of hydrogen-bond donors (Lipinski definition) is 1. The van der Waals surface area contributed by atoms with Crippen LogP contribution < -0.4 is 5.32 Å². The van der Waals surface area contributed by atoms with Gasteiger partial charge in [0.25, 0.3) is 5.92 Å². The summed E-state index contributed by atoms with van der Waals surface area (Å²) in [5.74, 6) is -2.20. The van der Waals surface area contributed by atoms with Crippen LogP contribution in [-0.2, 0) is 0 Å². The van der Waals surface area contributed by atoms with E-state index < -0.39 is 12.0 Å². The van der Waals surface area contributed by atoms with Gasteiger partial charge >= 0.3 is 0 Å². The normalized spacial score (nSPS) is 33.2. The van der Waals surface area contributed by atoms with Crippen LogP contribution in [0.4, 0.5) is 8.78 Å². The van der Waals surface area contributed by atoms with Gasteiger partial charge in [-0.2, -0.15) is 0 Å². The molecule has 0 amide bonds. The minimum absolute atomic E-state index is 0. The molecule has 1 heterocycles. The van der Waals surface area contributed by atoms with Gasteiger partial charge < -0.3 is 5.32 Å². The Kier molecular flexibility index (Phi) is 3.52. The van der Waals surface area contributed by atoms with Crippen LogP contribution in [0, 0.1) is 5.92 Å². The molecule has 1 N–H and O–H groups in total. The largest absolute Gasteiger partial charge is 0.308 e. The highest BCUT2D eigenvalue weighted by Crippen LogP contribution is 2.38. The number of rotatable bonds is 1. The molecule has 0 radical (unpaired) electrons. The van der Waals surface area contributed by atoms with E-state index in [2.05, 4.69) is 5.32 Å². The molecule has 78 valence electrons. The van der Waals surface area contributed by atoms with Gasteiger partial charge in [0.05, 0.1) is 6.04 Å². The summed E-state index contributed by atoms with van der Waals surface area (Å²) in [5.41, 5.74) is 0. The summed E-state index contributed by atoms with van der Waals surface area (Å²) >= 11 is 0. The van der Waals surface area contributed by atoms with Gasteiger partial charge in [0.1, 0.15) is 0 Å². The highest BCUT2D eigenvalue weighted by Gasteiger charge is 2.47. The fourth-order valence-electron chi connectivity index (χ4n) is 2.50. The van der Waals surface area contributed by atoms with Gasteiger partial charge in [0, 0.05) is 13.0 Å². The van der Waals surface area contributed by atoms with Crippen LogP contribution in [0.2, 0.25) is 0 Å². The second-order valence-electron chi connectivity index (χ2n) is 3.99. The van der Waals surface area contributed by atoms with E-state index in [1.165, 1.54) is 0 Å². The minimum atomic E-state index is -2.44. The van der Waals surface area contributed by atoms with Gasteiger partial charge in [-0.15, -0.1) is 12.4 Å². The summed E-state index contributed by atoms with van der Waals surface area (Å²) in [7, 11) is 0. The Hall–Kier alpha value is 0.110. The Morgan fingerprint density at radius 1 is 1.15 bits per heavy atom. The van der Waals surface area contributed by atoms with Crippen LogP contribution >= 0.6 is 12.4 Å². The van der Waals surface area contributed by atoms with Crippen molar-refractivity contribution in [3.63, 3.8) is 0 Å². The quantitative estimate of drug-likeness (QED) is 0.703. The van der Waals surface area contributed by atoms with Crippen LogP contribution in [0.3, 0.4) is 0 Å². The van der Waals surface area contributed by atoms with Crippen molar-refractivity contribution in [2.75, 3.05) is 6.54 Å². The first-order valence-electron chi connectivity index (χ1n) is 4.81. The summed E-state index contributed by atoms with van der Waals surface area (Å²) in [6.45, 7) is 0.494. The monoisotopic (exact) mass is 211 g/mol. The predicted molar refractivity (Wildman–Crippen MR) is 50.6 cm³/mol. The Labute approximate surface area is 83.7 Å². The Bertz CT molecular complexity index is 169. The summed E-state index contributed by atoms with van der Waals surface area (Å²) in [6.07, 6.45) is 4.30. The van der Waals surface area contributed by atoms with Crippen LogP contribution in [0.1, 0.15) is 32.1 Å². The van der Waals surface area contributed by atoms with Gasteiger partial charge in [-0.05, 0) is 18.8 Å². The SMILES string of the molecule is Cl.FC1(F)CCNC1C1CCCC1. The third-order valence-corrected chi connectivity index (χ3v) is 3.15. The lowest BCUT2D eigenvalue weighted by molar-refractivity contribution is -0.0278. The molecule has 1 saturated heterocycles. The number of hydrogen-bond acceptors (Lipinski definition) is 1. The number of alkyl halides is 2. The summed E-state index contributed by atoms with van der Waals surface area (Å²) in [5, 5.41) is 2.94. The fourth-order valence-corrected chi connectivity index (χ4v) is 2.50. The second kappa shape index (κ2) is 4.09. The molecular weight excluding hydrogens is 196 g/mol. The molecule has 2 aliphatic rings. The third-order valence-electron chi connectivity index (χ3n) is 3.15. The maximum atomic E-state index is 13.2. The Morgan fingerprint density at radius 2 is 1.77 bits per heavy atom. The van der Waals surface area contributed by atoms with Crippen LogP contribution in [0.5, 0.6) is 0 Å². The van der Waals surface area contributed by atoms with Gasteiger partial charge in [0.15, 0.2) is 0 Å². The van der Waals surface area contributed by atoms with Crippen LogP contribution in [-0.4, -0.2) is 18.5 Å². The van der Waals surface area contributed by atoms with Crippen molar-refractivity contribution in [1.82, 2.24) is 5.32 Å². The molecule has 4 heteroatoms. The smallest absolute Gasteiger partial charge is 0.264 e. The number of nitrogens with one attached hydrogen (secondary N) is 1. The molecule has 0 aromatic carbocycles. The lowest BCUT2D eigenvalue weighted by atomic mass is 9.94. The summed E-state index contributed by atoms with van der Waals surface area (Å²) in [6, 6.07) is -0.514. The van der Waals surface area contributed by atoms with E-state index in [0.717, 1.165) is 25.7 Å². The van der Waals surface area contributed by atoms with Crippen LogP contribution in [0.25, 0.3) is 0 Å². The first-order chi connectivity index (χ1) is 5.70. The molecule has 1 unspecified atom stereocenters. The average molecular weight is 212 g/mol. The predicted octanol–water partition coefficient (Wildman–Crippen LogP) is 2.60. The molecule has 0 bridgehead atoms. The molecule has 1 saturated carbocycles. The lowest BCUT2D eigenvalue weighted by Gasteiger charge is -2.24. The van der Waals surface area contributed by atoms with Crippen molar-refractivity contribution >= 4 is 12.4 Å². The standard InChI is InChI=1S/C9H15F2N.ClH/c10-9(11)5-6-12-8(9)7-3-1-2-4-7;/h7-8,12H,1-6H2;1H. The number of halogens is 3. The molecular formula is C9H16ClF2N. The second-order valence-corrected chi connectivity index (χ2v) is 3.99. The third kappa shape index (κ3) is 2.13. The summed E-state index contributed by atoms with van der Waals surface area (Å²) in [4.78, 5) is 0. The highest BCUT2D eigenvalue weighted by atomic mass is 35.5. The van der Waals surface area contributed by atoms with E-state index in [0.29, 0.717) is 6.54 Å². The zero-order valence-electron chi connectivity index (χ0n) is 7.56. The molecule has 1 atom stereocenters. The van der Waals surface area contributed by atoms with Gasteiger partial charge in [0.2, 0.25) is 0 Å². The van der Waals surface area contributed by atoms with E-state index in [-0.39, 0.29) is 24.7 Å². The van der Waals surface area contributed by atoms with Gasteiger partial charge in [-0.3, -0.25) is 0 Å². The van der Waals surface area contributed by atoms with E-state index >= 15 is 0 Å². The van der Waals surface area contributed by atoms with Crippen molar-refractivity contribution in [3.8, 4) is 0 Å². The lowest BCUT2D eigenvalue weighted by Crippen LogP contribution is -2.41. The van der Waals surface area contributed by atoms with E-state index in [4.69, 9.17) is 0 Å². The minimum Gasteiger partial charge on any atom is -0.308 e. The molecule has 0 spiro atoms. The highest BCUT2D eigenvalue weighted by molar-refractivity contribution is 5.85. The molecule has 1 aliphatic carbocycles. The maximum absolute atomic E-state index is 13.2. The van der Waals surface area contributed by atoms with E-state index in [1.54, 1.807) is 0 Å².